The van der Waals surface area contributed by atoms with Crippen molar-refractivity contribution >= 4 is 5.82 Å². The van der Waals surface area contributed by atoms with E-state index < -0.39 is 0 Å². The summed E-state index contributed by atoms with van der Waals surface area (Å²) in [6.45, 7) is 13.9. The number of rotatable bonds is 4. The quantitative estimate of drug-likeness (QED) is 0.828. The van der Waals surface area contributed by atoms with Crippen LogP contribution in [-0.2, 0) is 13.0 Å². The van der Waals surface area contributed by atoms with Gasteiger partial charge in [0.2, 0.25) is 0 Å². The summed E-state index contributed by atoms with van der Waals surface area (Å²) in [5.74, 6) is 1.16. The number of anilines is 1. The van der Waals surface area contributed by atoms with Crippen LogP contribution in [0.1, 0.15) is 42.5 Å². The Labute approximate surface area is 162 Å². The fourth-order valence-corrected chi connectivity index (χ4v) is 4.22. The highest BCUT2D eigenvalue weighted by atomic mass is 15.3. The van der Waals surface area contributed by atoms with Crippen LogP contribution < -0.4 is 4.90 Å². The summed E-state index contributed by atoms with van der Waals surface area (Å²) < 4.78 is 0. The van der Waals surface area contributed by atoms with Gasteiger partial charge in [-0.1, -0.05) is 13.0 Å². The van der Waals surface area contributed by atoms with Gasteiger partial charge < -0.3 is 9.80 Å². The van der Waals surface area contributed by atoms with E-state index >= 15 is 0 Å². The summed E-state index contributed by atoms with van der Waals surface area (Å²) in [7, 11) is 0. The molecule has 0 aromatic carbocycles. The van der Waals surface area contributed by atoms with Gasteiger partial charge in [0.15, 0.2) is 0 Å². The normalized spacial score (nSPS) is 19.7. The standard InChI is InChI=1S/C21H30N6/c1-4-25-10-12-26(13-11-25)21-18-8-9-27(14-20(18)22-15-23-21)17(3)19-7-5-6-16(2)24-19/h5-7,15,17H,4,8-14H2,1-3H3. The Morgan fingerprint density at radius 1 is 1.07 bits per heavy atom. The third kappa shape index (κ3) is 3.82. The Bertz CT molecular complexity index is 784. The number of nitrogens with zero attached hydrogens (tertiary/aromatic N) is 6. The van der Waals surface area contributed by atoms with Crippen LogP contribution >= 0.6 is 0 Å². The minimum absolute atomic E-state index is 0.296. The minimum atomic E-state index is 0.296. The van der Waals surface area contributed by atoms with Crippen LogP contribution in [0.5, 0.6) is 0 Å². The van der Waals surface area contributed by atoms with Gasteiger partial charge in [-0.3, -0.25) is 9.88 Å². The highest BCUT2D eigenvalue weighted by Gasteiger charge is 2.28. The first-order chi connectivity index (χ1) is 13.2. The first-order valence-electron chi connectivity index (χ1n) is 10.1. The zero-order valence-corrected chi connectivity index (χ0v) is 16.7. The number of aryl methyl sites for hydroxylation is 1. The number of pyridine rings is 1. The smallest absolute Gasteiger partial charge is 0.135 e. The number of piperazine rings is 1. The number of aromatic nitrogens is 3. The van der Waals surface area contributed by atoms with Crippen LogP contribution in [0.25, 0.3) is 0 Å². The Morgan fingerprint density at radius 3 is 2.63 bits per heavy atom. The van der Waals surface area contributed by atoms with E-state index in [-0.39, 0.29) is 0 Å². The zero-order valence-electron chi connectivity index (χ0n) is 16.7. The van der Waals surface area contributed by atoms with Gasteiger partial charge in [-0.2, -0.15) is 0 Å². The number of fused-ring (bicyclic) bond motifs is 1. The summed E-state index contributed by atoms with van der Waals surface area (Å²) in [5, 5.41) is 0. The predicted molar refractivity (Wildman–Crippen MR) is 108 cm³/mol. The van der Waals surface area contributed by atoms with Crippen molar-refractivity contribution in [2.45, 2.75) is 39.8 Å². The lowest BCUT2D eigenvalue weighted by atomic mass is 10.0. The van der Waals surface area contributed by atoms with Crippen LogP contribution in [0.15, 0.2) is 24.5 Å². The molecule has 6 heteroatoms. The molecule has 1 atom stereocenters. The average Bonchev–Trinajstić information content (AvgIpc) is 2.72. The van der Waals surface area contributed by atoms with E-state index in [9.17, 15) is 0 Å². The minimum Gasteiger partial charge on any atom is -0.354 e. The number of likely N-dealkylation sites (N-methyl/N-ethyl adjacent to an activating group) is 1. The Kier molecular flexibility index (Phi) is 5.36. The molecule has 2 aromatic rings. The lowest BCUT2D eigenvalue weighted by molar-refractivity contribution is 0.185. The molecule has 1 unspecified atom stereocenters. The summed E-state index contributed by atoms with van der Waals surface area (Å²) in [5.41, 5.74) is 4.75. The molecule has 144 valence electrons. The lowest BCUT2D eigenvalue weighted by Crippen LogP contribution is -2.47. The largest absolute Gasteiger partial charge is 0.354 e. The molecule has 6 nitrogen and oxygen atoms in total. The molecule has 27 heavy (non-hydrogen) atoms. The van der Waals surface area contributed by atoms with Crippen molar-refractivity contribution in [3.63, 3.8) is 0 Å². The summed E-state index contributed by atoms with van der Waals surface area (Å²) in [4.78, 5) is 21.5. The zero-order chi connectivity index (χ0) is 18.8. The monoisotopic (exact) mass is 366 g/mol. The van der Waals surface area contributed by atoms with Crippen molar-refractivity contribution < 1.29 is 0 Å². The van der Waals surface area contributed by atoms with E-state index in [4.69, 9.17) is 4.98 Å². The molecule has 2 aliphatic rings. The molecule has 4 heterocycles. The fraction of sp³-hybridized carbons (Fsp3) is 0.571. The predicted octanol–water partition coefficient (Wildman–Crippen LogP) is 2.44. The van der Waals surface area contributed by atoms with Gasteiger partial charge in [0.1, 0.15) is 12.1 Å². The maximum absolute atomic E-state index is 4.72. The highest BCUT2D eigenvalue weighted by Crippen LogP contribution is 2.30. The second-order valence-electron chi connectivity index (χ2n) is 7.64. The maximum Gasteiger partial charge on any atom is 0.135 e. The van der Waals surface area contributed by atoms with Crippen molar-refractivity contribution in [1.29, 1.82) is 0 Å². The van der Waals surface area contributed by atoms with E-state index in [0.717, 1.165) is 69.4 Å². The van der Waals surface area contributed by atoms with E-state index in [0.29, 0.717) is 6.04 Å². The average molecular weight is 367 g/mol. The van der Waals surface area contributed by atoms with Crippen LogP contribution in [0.4, 0.5) is 5.82 Å². The van der Waals surface area contributed by atoms with Gasteiger partial charge in [-0.05, 0) is 38.9 Å². The van der Waals surface area contributed by atoms with Crippen molar-refractivity contribution in [3.8, 4) is 0 Å². The summed E-state index contributed by atoms with van der Waals surface area (Å²) in [6.07, 6.45) is 2.76. The topological polar surface area (TPSA) is 48.4 Å². The second kappa shape index (κ2) is 7.90. The molecule has 0 radical (unpaired) electrons. The van der Waals surface area contributed by atoms with Crippen molar-refractivity contribution in [1.82, 2.24) is 24.8 Å². The molecule has 0 bridgehead atoms. The molecule has 0 N–H and O–H groups in total. The highest BCUT2D eigenvalue weighted by molar-refractivity contribution is 5.50. The molecule has 1 saturated heterocycles. The summed E-state index contributed by atoms with van der Waals surface area (Å²) >= 11 is 0. The van der Waals surface area contributed by atoms with E-state index in [1.54, 1.807) is 6.33 Å². The molecule has 0 amide bonds. The van der Waals surface area contributed by atoms with Gasteiger partial charge in [0.25, 0.3) is 0 Å². The molecule has 0 saturated carbocycles. The van der Waals surface area contributed by atoms with Gasteiger partial charge in [-0.25, -0.2) is 9.97 Å². The molecule has 4 rings (SSSR count). The molecular weight excluding hydrogens is 336 g/mol. The van der Waals surface area contributed by atoms with E-state index in [1.807, 2.05) is 0 Å². The summed E-state index contributed by atoms with van der Waals surface area (Å²) in [6, 6.07) is 6.58. The first kappa shape index (κ1) is 18.3. The van der Waals surface area contributed by atoms with Crippen molar-refractivity contribution in [2.75, 3.05) is 44.2 Å². The lowest BCUT2D eigenvalue weighted by Gasteiger charge is -2.38. The Hall–Kier alpha value is -2.05. The maximum atomic E-state index is 4.72. The van der Waals surface area contributed by atoms with Gasteiger partial charge >= 0.3 is 0 Å². The van der Waals surface area contributed by atoms with Gasteiger partial charge in [0, 0.05) is 56.6 Å². The number of hydrogen-bond acceptors (Lipinski definition) is 6. The number of hydrogen-bond donors (Lipinski definition) is 0. The van der Waals surface area contributed by atoms with E-state index in [2.05, 4.69) is 63.6 Å². The molecule has 2 aromatic heterocycles. The molecule has 0 aliphatic carbocycles. The molecule has 1 fully saturated rings. The molecule has 0 spiro atoms. The van der Waals surface area contributed by atoms with Crippen LogP contribution in [-0.4, -0.2) is 64.0 Å². The molecule has 2 aliphatic heterocycles. The third-order valence-electron chi connectivity index (χ3n) is 6.02. The fourth-order valence-electron chi connectivity index (χ4n) is 4.22. The second-order valence-corrected chi connectivity index (χ2v) is 7.64. The van der Waals surface area contributed by atoms with Crippen molar-refractivity contribution in [2.24, 2.45) is 0 Å². The Morgan fingerprint density at radius 2 is 1.89 bits per heavy atom. The van der Waals surface area contributed by atoms with Crippen LogP contribution in [0.2, 0.25) is 0 Å². The third-order valence-corrected chi connectivity index (χ3v) is 6.02. The van der Waals surface area contributed by atoms with Crippen LogP contribution in [0, 0.1) is 6.92 Å². The van der Waals surface area contributed by atoms with Gasteiger partial charge in [0.05, 0.1) is 11.4 Å². The SMILES string of the molecule is CCN1CCN(c2ncnc3c2CCN(C(C)c2cccc(C)n2)C3)CC1. The first-order valence-corrected chi connectivity index (χ1v) is 10.1. The van der Waals surface area contributed by atoms with E-state index in [1.165, 1.54) is 11.3 Å². The van der Waals surface area contributed by atoms with Gasteiger partial charge in [-0.15, -0.1) is 0 Å². The van der Waals surface area contributed by atoms with Crippen molar-refractivity contribution in [3.05, 3.63) is 47.2 Å². The Balaban J connectivity index is 1.51. The van der Waals surface area contributed by atoms with Crippen LogP contribution in [0.3, 0.4) is 0 Å². The molecular formula is C21H30N6.